The number of likely N-dealkylation sites (N-methyl/N-ethyl adjacent to an activating group) is 2. The summed E-state index contributed by atoms with van der Waals surface area (Å²) in [7, 11) is 4.19. The highest BCUT2D eigenvalue weighted by molar-refractivity contribution is 6.05. The van der Waals surface area contributed by atoms with Crippen LogP contribution in [0.2, 0.25) is 0 Å². The van der Waals surface area contributed by atoms with E-state index in [9.17, 15) is 20.1 Å². The van der Waals surface area contributed by atoms with Crippen LogP contribution in [-0.4, -0.2) is 61.5 Å². The summed E-state index contributed by atoms with van der Waals surface area (Å²) in [4.78, 5) is 29.6. The van der Waals surface area contributed by atoms with Gasteiger partial charge in [-0.05, 0) is 131 Å². The Kier molecular flexibility index (Phi) is 12.1. The van der Waals surface area contributed by atoms with E-state index in [-0.39, 0.29) is 17.9 Å². The van der Waals surface area contributed by atoms with E-state index in [4.69, 9.17) is 9.47 Å². The van der Waals surface area contributed by atoms with E-state index in [1.54, 1.807) is 36.4 Å². The zero-order chi connectivity index (χ0) is 36.5. The number of carbonyl (C=O) groups excluding carboxylic acids is 2. The number of nitrogens with zero attached hydrogens (tertiary/aromatic N) is 4. The summed E-state index contributed by atoms with van der Waals surface area (Å²) >= 11 is 0. The third-order valence-corrected chi connectivity index (χ3v) is 8.72. The molecule has 0 fully saturated rings. The number of hydrogen-bond donors (Lipinski definition) is 2. The van der Waals surface area contributed by atoms with Gasteiger partial charge in [-0.3, -0.25) is 9.59 Å². The first kappa shape index (κ1) is 36.6. The molecular formula is C41H44N6O4. The fraction of sp³-hybridized carbons (Fsp3) is 0.317. The van der Waals surface area contributed by atoms with E-state index in [2.05, 4.69) is 58.8 Å². The van der Waals surface area contributed by atoms with Gasteiger partial charge in [0.25, 0.3) is 11.8 Å². The van der Waals surface area contributed by atoms with Crippen LogP contribution < -0.4 is 20.1 Å². The normalized spacial score (nSPS) is 13.7. The van der Waals surface area contributed by atoms with E-state index < -0.39 is 0 Å². The molecule has 10 heteroatoms. The highest BCUT2D eigenvalue weighted by Crippen LogP contribution is 2.26. The average Bonchev–Trinajstić information content (AvgIpc) is 3.11. The number of amides is 2. The molecule has 0 bridgehead atoms. The molecule has 262 valence electrons. The quantitative estimate of drug-likeness (QED) is 0.208. The summed E-state index contributed by atoms with van der Waals surface area (Å²) in [5.41, 5.74) is 8.30. The highest BCUT2D eigenvalue weighted by Gasteiger charge is 2.17. The van der Waals surface area contributed by atoms with Gasteiger partial charge in [0.15, 0.2) is 0 Å². The Morgan fingerprint density at radius 3 is 1.63 bits per heavy atom. The number of nitrogens with one attached hydrogen (secondary N) is 2. The Balaban J connectivity index is 0.000000198. The minimum Gasteiger partial charge on any atom is -0.492 e. The van der Waals surface area contributed by atoms with Crippen molar-refractivity contribution in [1.29, 1.82) is 10.5 Å². The van der Waals surface area contributed by atoms with Crippen molar-refractivity contribution in [1.82, 2.24) is 9.80 Å². The molecular weight excluding hydrogens is 640 g/mol. The third kappa shape index (κ3) is 9.52. The molecule has 2 heterocycles. The molecule has 2 amide bonds. The molecule has 4 aromatic rings. The number of ether oxygens (including phenoxy) is 2. The second-order valence-electron chi connectivity index (χ2n) is 13.1. The van der Waals surface area contributed by atoms with E-state index >= 15 is 0 Å². The first-order chi connectivity index (χ1) is 24.6. The van der Waals surface area contributed by atoms with Crippen molar-refractivity contribution in [2.75, 3.05) is 44.4 Å². The molecule has 0 saturated carbocycles. The molecule has 2 aliphatic heterocycles. The van der Waals surface area contributed by atoms with Gasteiger partial charge in [-0.25, -0.2) is 0 Å². The van der Waals surface area contributed by atoms with Crippen LogP contribution in [0.25, 0.3) is 0 Å². The molecule has 51 heavy (non-hydrogen) atoms. The highest BCUT2D eigenvalue weighted by atomic mass is 16.5. The molecule has 0 saturated heterocycles. The van der Waals surface area contributed by atoms with Crippen molar-refractivity contribution >= 4 is 23.2 Å². The number of hydrogen-bond acceptors (Lipinski definition) is 8. The van der Waals surface area contributed by atoms with Crippen LogP contribution in [0.15, 0.2) is 72.8 Å². The Morgan fingerprint density at radius 1 is 0.706 bits per heavy atom. The fourth-order valence-corrected chi connectivity index (χ4v) is 6.11. The van der Waals surface area contributed by atoms with Crippen molar-refractivity contribution in [3.8, 4) is 23.6 Å². The second kappa shape index (κ2) is 16.8. The van der Waals surface area contributed by atoms with Gasteiger partial charge in [-0.15, -0.1) is 0 Å². The molecule has 6 rings (SSSR count). The van der Waals surface area contributed by atoms with Crippen LogP contribution in [0.5, 0.6) is 11.5 Å². The molecule has 0 unspecified atom stereocenters. The summed E-state index contributed by atoms with van der Waals surface area (Å²) in [6.45, 7) is 10.0. The molecule has 0 radical (unpaired) electrons. The van der Waals surface area contributed by atoms with E-state index in [1.807, 2.05) is 45.0 Å². The van der Waals surface area contributed by atoms with Crippen LogP contribution in [0.4, 0.5) is 11.4 Å². The summed E-state index contributed by atoms with van der Waals surface area (Å²) < 4.78 is 11.0. The fourth-order valence-electron chi connectivity index (χ4n) is 6.11. The molecule has 0 aromatic heterocycles. The Bertz CT molecular complexity index is 1990. The minimum absolute atomic E-state index is 0.0320. The molecule has 4 aromatic carbocycles. The lowest BCUT2D eigenvalue weighted by Gasteiger charge is -2.25. The maximum atomic E-state index is 12.6. The standard InChI is InChI=1S/C21H23N3O2.C20H21N3O2/c1-14(2)26-20-7-5-16(10-17(20)12-22)21(25)23-19-6-4-15-8-9-24(3)13-18(15)11-19;1-3-25-19-7-5-15(10-16(19)12-21)20(24)22-18-6-4-14-8-9-23(2)13-17(14)11-18/h4-7,10-11,14H,8-9,13H2,1-3H3,(H,23,25);4-7,10-11H,3,8-9,13H2,1-2H3,(H,22,24). The monoisotopic (exact) mass is 684 g/mol. The molecule has 2 N–H and O–H groups in total. The maximum absolute atomic E-state index is 12.6. The second-order valence-corrected chi connectivity index (χ2v) is 13.1. The topological polar surface area (TPSA) is 131 Å². The lowest BCUT2D eigenvalue weighted by molar-refractivity contribution is 0.101. The van der Waals surface area contributed by atoms with Crippen molar-refractivity contribution in [3.05, 3.63) is 117 Å². The Labute approximate surface area is 300 Å². The first-order valence-corrected chi connectivity index (χ1v) is 17.2. The molecule has 10 nitrogen and oxygen atoms in total. The van der Waals surface area contributed by atoms with Crippen LogP contribution in [0.3, 0.4) is 0 Å². The number of benzene rings is 4. The van der Waals surface area contributed by atoms with E-state index in [0.29, 0.717) is 40.4 Å². The number of carbonyl (C=O) groups is 2. The SMILES string of the molecule is CC(C)Oc1ccc(C(=O)Nc2ccc3c(c2)CN(C)CC3)cc1C#N.CCOc1ccc(C(=O)Nc2ccc3c(c2)CN(C)CC3)cc1C#N. The van der Waals surface area contributed by atoms with Gasteiger partial charge in [0, 0.05) is 48.7 Å². The zero-order valence-corrected chi connectivity index (χ0v) is 29.9. The maximum Gasteiger partial charge on any atom is 0.255 e. The van der Waals surface area contributed by atoms with Gasteiger partial charge in [0.05, 0.1) is 23.8 Å². The Hall–Kier alpha value is -5.68. The molecule has 0 spiro atoms. The van der Waals surface area contributed by atoms with Crippen molar-refractivity contribution in [2.24, 2.45) is 0 Å². The van der Waals surface area contributed by atoms with Crippen LogP contribution in [0.1, 0.15) is 74.9 Å². The smallest absolute Gasteiger partial charge is 0.255 e. The first-order valence-electron chi connectivity index (χ1n) is 17.2. The zero-order valence-electron chi connectivity index (χ0n) is 29.9. The van der Waals surface area contributed by atoms with Crippen molar-refractivity contribution in [3.63, 3.8) is 0 Å². The predicted molar refractivity (Wildman–Crippen MR) is 198 cm³/mol. The van der Waals surface area contributed by atoms with Gasteiger partial charge in [-0.2, -0.15) is 10.5 Å². The number of rotatable bonds is 8. The molecule has 0 aliphatic carbocycles. The van der Waals surface area contributed by atoms with Crippen LogP contribution in [0, 0.1) is 22.7 Å². The molecule has 2 aliphatic rings. The average molecular weight is 685 g/mol. The van der Waals surface area contributed by atoms with Gasteiger partial charge >= 0.3 is 0 Å². The summed E-state index contributed by atoms with van der Waals surface area (Å²) in [5, 5.41) is 24.4. The van der Waals surface area contributed by atoms with Crippen molar-refractivity contribution < 1.29 is 19.1 Å². The van der Waals surface area contributed by atoms with Crippen molar-refractivity contribution in [2.45, 2.75) is 52.8 Å². The van der Waals surface area contributed by atoms with Gasteiger partial charge in [0.2, 0.25) is 0 Å². The van der Waals surface area contributed by atoms with Crippen LogP contribution in [-0.2, 0) is 25.9 Å². The number of anilines is 2. The van der Waals surface area contributed by atoms with Gasteiger partial charge in [-0.1, -0.05) is 12.1 Å². The summed E-state index contributed by atoms with van der Waals surface area (Å²) in [6.07, 6.45) is 2.03. The predicted octanol–water partition coefficient (Wildman–Crippen LogP) is 6.78. The van der Waals surface area contributed by atoms with Gasteiger partial charge < -0.3 is 29.9 Å². The largest absolute Gasteiger partial charge is 0.492 e. The summed E-state index contributed by atoms with van der Waals surface area (Å²) in [6, 6.07) is 26.1. The van der Waals surface area contributed by atoms with Crippen LogP contribution >= 0.6 is 0 Å². The minimum atomic E-state index is -0.235. The number of fused-ring (bicyclic) bond motifs is 2. The molecule has 0 atom stereocenters. The third-order valence-electron chi connectivity index (χ3n) is 8.72. The lowest BCUT2D eigenvalue weighted by atomic mass is 9.99. The van der Waals surface area contributed by atoms with Gasteiger partial charge in [0.1, 0.15) is 23.6 Å². The Morgan fingerprint density at radius 2 is 1.18 bits per heavy atom. The van der Waals surface area contributed by atoms with E-state index in [0.717, 1.165) is 50.4 Å². The summed E-state index contributed by atoms with van der Waals surface area (Å²) in [5.74, 6) is 0.527. The van der Waals surface area contributed by atoms with E-state index in [1.165, 1.54) is 22.3 Å². The number of nitriles is 2. The lowest BCUT2D eigenvalue weighted by Crippen LogP contribution is -2.26.